The topological polar surface area (TPSA) is 239 Å². The summed E-state index contributed by atoms with van der Waals surface area (Å²) in [5.41, 5.74) is -1.87. The van der Waals surface area contributed by atoms with Crippen LogP contribution in [0.1, 0.15) is 90.2 Å². The van der Waals surface area contributed by atoms with Gasteiger partial charge in [-0.2, -0.15) is 0 Å². The van der Waals surface area contributed by atoms with Crippen molar-refractivity contribution in [2.24, 2.45) is 22.5 Å². The van der Waals surface area contributed by atoms with Crippen LogP contribution in [0.2, 0.25) is 0 Å². The first-order chi connectivity index (χ1) is 28.6. The van der Waals surface area contributed by atoms with Gasteiger partial charge in [-0.3, -0.25) is 9.59 Å². The summed E-state index contributed by atoms with van der Waals surface area (Å²) >= 11 is 0. The molecular formula is C45H58N2O14. The van der Waals surface area contributed by atoms with Crippen LogP contribution in [-0.4, -0.2) is 118 Å². The Hall–Kier alpha value is -4.71. The van der Waals surface area contributed by atoms with Crippen LogP contribution in [0.3, 0.4) is 0 Å². The van der Waals surface area contributed by atoms with Gasteiger partial charge in [0.25, 0.3) is 0 Å². The molecule has 0 aromatic heterocycles. The molecule has 2 aromatic rings. The molecule has 6 rings (SSSR count). The molecule has 6 N–H and O–H groups in total. The predicted octanol–water partition coefficient (Wildman–Crippen LogP) is 3.24. The van der Waals surface area contributed by atoms with E-state index >= 15 is 4.79 Å². The van der Waals surface area contributed by atoms with Crippen LogP contribution in [-0.2, 0) is 42.8 Å². The lowest BCUT2D eigenvalue weighted by Gasteiger charge is -2.68. The van der Waals surface area contributed by atoms with E-state index in [0.29, 0.717) is 5.56 Å². The Morgan fingerprint density at radius 2 is 1.61 bits per heavy atom. The van der Waals surface area contributed by atoms with Gasteiger partial charge in [0.15, 0.2) is 5.78 Å². The largest absolute Gasteiger partial charge is 0.455 e. The van der Waals surface area contributed by atoms with E-state index in [1.807, 2.05) is 0 Å². The second-order valence-corrected chi connectivity index (χ2v) is 18.1. The van der Waals surface area contributed by atoms with Crippen LogP contribution in [0.25, 0.3) is 0 Å². The van der Waals surface area contributed by atoms with Crippen molar-refractivity contribution in [1.29, 1.82) is 0 Å². The number of ether oxygens (including phenoxy) is 6. The second kappa shape index (κ2) is 16.9. The molecule has 16 nitrogen and oxygen atoms in total. The fraction of sp³-hybridized carbons (Fsp3) is 0.578. The number of alkyl carbamates (subject to hydrolysis) is 1. The first-order valence-corrected chi connectivity index (χ1v) is 20.6. The average Bonchev–Trinajstić information content (AvgIpc) is 3.20. The number of aliphatic hydroxyl groups excluding tert-OH is 2. The number of benzene rings is 2. The van der Waals surface area contributed by atoms with Crippen molar-refractivity contribution in [3.05, 3.63) is 82.9 Å². The van der Waals surface area contributed by atoms with Crippen molar-refractivity contribution in [2.75, 3.05) is 19.8 Å². The highest BCUT2D eigenvalue weighted by Gasteiger charge is 2.77. The zero-order valence-electron chi connectivity index (χ0n) is 35.8. The van der Waals surface area contributed by atoms with Crippen LogP contribution in [0, 0.1) is 16.7 Å². The summed E-state index contributed by atoms with van der Waals surface area (Å²) < 4.78 is 36.1. The Balaban J connectivity index is 1.51. The van der Waals surface area contributed by atoms with Gasteiger partial charge < -0.3 is 54.8 Å². The normalized spacial score (nSPS) is 32.6. The molecule has 1 amide bonds. The summed E-state index contributed by atoms with van der Waals surface area (Å²) in [4.78, 5) is 70.1. The van der Waals surface area contributed by atoms with Crippen LogP contribution in [0.5, 0.6) is 0 Å². The fourth-order valence-electron chi connectivity index (χ4n) is 9.92. The lowest BCUT2D eigenvalue weighted by molar-refractivity contribution is -0.356. The summed E-state index contributed by atoms with van der Waals surface area (Å²) in [5.74, 6) is -5.21. The number of fused-ring (bicyclic) bond motifs is 5. The molecule has 3 fully saturated rings. The van der Waals surface area contributed by atoms with Gasteiger partial charge in [-0.1, -0.05) is 62.4 Å². The van der Waals surface area contributed by atoms with E-state index in [1.165, 1.54) is 26.0 Å². The van der Waals surface area contributed by atoms with Gasteiger partial charge in [-0.25, -0.2) is 14.4 Å². The van der Waals surface area contributed by atoms with Gasteiger partial charge in [0.2, 0.25) is 6.10 Å². The number of ketones is 1. The first kappa shape index (κ1) is 45.8. The number of Topliss-reactive ketones (excluding diaryl/α,β-unsaturated/α-hetero) is 1. The summed E-state index contributed by atoms with van der Waals surface area (Å²) in [5, 5.41) is 40.5. The molecule has 0 radical (unpaired) electrons. The molecule has 11 atom stereocenters. The van der Waals surface area contributed by atoms with E-state index in [0.717, 1.165) is 0 Å². The number of rotatable bonds is 11. The van der Waals surface area contributed by atoms with Gasteiger partial charge in [0.1, 0.15) is 41.2 Å². The minimum atomic E-state index is -2.29. The van der Waals surface area contributed by atoms with Crippen LogP contribution in [0.15, 0.2) is 71.8 Å². The Morgan fingerprint density at radius 1 is 0.984 bits per heavy atom. The van der Waals surface area contributed by atoms with E-state index in [4.69, 9.17) is 34.2 Å². The Kier molecular flexibility index (Phi) is 12.7. The number of hydrogen-bond acceptors (Lipinski definition) is 15. The number of carbonyl (C=O) groups is 5. The zero-order valence-corrected chi connectivity index (χ0v) is 35.8. The van der Waals surface area contributed by atoms with E-state index in [9.17, 15) is 34.5 Å². The molecular weight excluding hydrogens is 792 g/mol. The number of carbonyl (C=O) groups excluding carboxylic acids is 5. The number of nitrogens with one attached hydrogen (secondary N) is 1. The van der Waals surface area contributed by atoms with Crippen molar-refractivity contribution in [1.82, 2.24) is 5.32 Å². The zero-order chi connectivity index (χ0) is 44.9. The van der Waals surface area contributed by atoms with Crippen molar-refractivity contribution in [3.8, 4) is 0 Å². The number of amides is 1. The predicted molar refractivity (Wildman–Crippen MR) is 216 cm³/mol. The minimum Gasteiger partial charge on any atom is -0.455 e. The van der Waals surface area contributed by atoms with Gasteiger partial charge in [0, 0.05) is 30.8 Å². The Morgan fingerprint density at radius 3 is 2.16 bits per heavy atom. The van der Waals surface area contributed by atoms with Crippen LogP contribution in [0.4, 0.5) is 4.79 Å². The lowest BCUT2D eigenvalue weighted by Crippen LogP contribution is -2.81. The van der Waals surface area contributed by atoms with E-state index in [1.54, 1.807) is 90.1 Å². The molecule has 3 aliphatic carbocycles. The van der Waals surface area contributed by atoms with Crippen molar-refractivity contribution in [2.45, 2.75) is 128 Å². The lowest BCUT2D eigenvalue weighted by atomic mass is 9.44. The maximum atomic E-state index is 15.1. The third-order valence-electron chi connectivity index (χ3n) is 13.0. The highest BCUT2D eigenvalue weighted by atomic mass is 16.6. The number of aliphatic hydroxyl groups is 3. The Labute approximate surface area is 355 Å². The quantitative estimate of drug-likeness (QED) is 0.124. The van der Waals surface area contributed by atoms with E-state index in [-0.39, 0.29) is 36.3 Å². The monoisotopic (exact) mass is 850 g/mol. The minimum absolute atomic E-state index is 0.0314. The number of nitrogens with two attached hydrogens (primary N) is 1. The third-order valence-corrected chi connectivity index (χ3v) is 13.0. The molecule has 0 spiro atoms. The SMILES string of the molecule is CCO[C@@]12CO[C@@H]1C[C@H](O)[C@@]1(C)C(=O)[C@H](O)C3=C(C)[C@@H](OC(=O)[C@H](OC(=O)CN)[C@@H](NC(=O)OC(C)(C)C)c4ccccc4)C[C@@](O)(C(OC(=O)c4ccccc4)C12)C3(C)C. The first-order valence-electron chi connectivity index (χ1n) is 20.6. The molecule has 1 heterocycles. The van der Waals surface area contributed by atoms with Gasteiger partial charge >= 0.3 is 24.0 Å². The number of hydrogen-bond donors (Lipinski definition) is 5. The molecule has 2 saturated carbocycles. The van der Waals surface area contributed by atoms with Gasteiger partial charge in [-0.15, -0.1) is 0 Å². The van der Waals surface area contributed by atoms with Crippen LogP contribution >= 0.6 is 0 Å². The summed E-state index contributed by atoms with van der Waals surface area (Å²) in [6.45, 7) is 12.3. The highest BCUT2D eigenvalue weighted by molar-refractivity contribution is 5.94. The van der Waals surface area contributed by atoms with Crippen LogP contribution < -0.4 is 11.1 Å². The smallest absolute Gasteiger partial charge is 0.408 e. The number of esters is 3. The molecule has 332 valence electrons. The summed E-state index contributed by atoms with van der Waals surface area (Å²) in [6, 6.07) is 14.8. The molecule has 4 aliphatic rings. The summed E-state index contributed by atoms with van der Waals surface area (Å²) in [7, 11) is 0. The molecule has 2 bridgehead atoms. The average molecular weight is 851 g/mol. The molecule has 1 aliphatic heterocycles. The van der Waals surface area contributed by atoms with Crippen molar-refractivity contribution >= 4 is 29.8 Å². The van der Waals surface area contributed by atoms with Crippen molar-refractivity contribution < 1.29 is 67.7 Å². The fourth-order valence-corrected chi connectivity index (χ4v) is 9.92. The highest BCUT2D eigenvalue weighted by Crippen LogP contribution is 2.64. The molecule has 2 unspecified atom stereocenters. The van der Waals surface area contributed by atoms with Gasteiger partial charge in [-0.05, 0) is 70.4 Å². The third kappa shape index (κ3) is 7.98. The maximum absolute atomic E-state index is 15.1. The van der Waals surface area contributed by atoms with Crippen molar-refractivity contribution in [3.63, 3.8) is 0 Å². The summed E-state index contributed by atoms with van der Waals surface area (Å²) in [6.07, 6.45) is -10.7. The molecule has 16 heteroatoms. The van der Waals surface area contributed by atoms with Gasteiger partial charge in [0.05, 0.1) is 36.3 Å². The maximum Gasteiger partial charge on any atom is 0.408 e. The molecule has 61 heavy (non-hydrogen) atoms. The van der Waals surface area contributed by atoms with E-state index in [2.05, 4.69) is 5.32 Å². The standard InChI is InChI=1S/C45H58N2O14/c1-9-57-44-23-56-29(44)20-28(48)43(8)35(44)37(60-38(52)26-18-14-11-15-19-26)45(55)21-27(24(2)31(42(45,6)7)33(50)36(43)51)58-39(53)34(59-30(49)22-46)32(25-16-12-10-13-17-25)47-40(54)61-41(3,4)5/h10-19,27-29,32-35,37,48,50,55H,9,20-23,46H2,1-8H3,(H,47,54)/t27-,28-,29+,32-,33+,34+,35?,37?,43+,44-,45+/m0/s1. The van der Waals surface area contributed by atoms with E-state index < -0.39 is 119 Å². The molecule has 2 aromatic carbocycles. The Bertz CT molecular complexity index is 2030. The molecule has 1 saturated heterocycles. The second-order valence-electron chi connectivity index (χ2n) is 18.1.